The van der Waals surface area contributed by atoms with Crippen molar-refractivity contribution in [1.82, 2.24) is 19.7 Å². The lowest BCUT2D eigenvalue weighted by molar-refractivity contribution is -0.141. The van der Waals surface area contributed by atoms with Crippen molar-refractivity contribution in [2.75, 3.05) is 0 Å². The van der Waals surface area contributed by atoms with Crippen molar-refractivity contribution in [3.63, 3.8) is 0 Å². The Bertz CT molecular complexity index is 2260. The number of aromatic nitrogens is 3. The molecule has 6 aromatic rings. The van der Waals surface area contributed by atoms with Gasteiger partial charge < -0.3 is 4.74 Å². The van der Waals surface area contributed by atoms with Gasteiger partial charge in [-0.25, -0.2) is 4.68 Å². The van der Waals surface area contributed by atoms with Gasteiger partial charge in [0.2, 0.25) is 0 Å². The Hall–Kier alpha value is -6.59. The zero-order chi connectivity index (χ0) is 33.0. The van der Waals surface area contributed by atoms with Crippen molar-refractivity contribution >= 4 is 28.7 Å². The SMILES string of the molecule is CC1=C(C#N)C(=O)N(Cc2cccnc2)C(=O)/C1=C/c1cn(-c2ccccc2)nc1-c1ccc(OCc2cccc3ccccc23)cc1. The molecule has 0 aliphatic carbocycles. The first-order valence-corrected chi connectivity index (χ1v) is 15.4. The van der Waals surface area contributed by atoms with Gasteiger partial charge in [-0.05, 0) is 82.9 Å². The van der Waals surface area contributed by atoms with Gasteiger partial charge >= 0.3 is 0 Å². The molecule has 232 valence electrons. The molecule has 4 aromatic carbocycles. The molecule has 48 heavy (non-hydrogen) atoms. The van der Waals surface area contributed by atoms with Crippen LogP contribution in [-0.4, -0.2) is 31.5 Å². The van der Waals surface area contributed by atoms with Crippen LogP contribution in [0.4, 0.5) is 0 Å². The number of imide groups is 1. The summed E-state index contributed by atoms with van der Waals surface area (Å²) in [4.78, 5) is 32.3. The van der Waals surface area contributed by atoms with Crippen LogP contribution in [0.1, 0.15) is 23.6 Å². The van der Waals surface area contributed by atoms with E-state index in [1.165, 1.54) is 0 Å². The topological polar surface area (TPSA) is 101 Å². The third-order valence-electron chi connectivity index (χ3n) is 8.35. The van der Waals surface area contributed by atoms with Crippen LogP contribution in [0.5, 0.6) is 5.75 Å². The first kappa shape index (κ1) is 30.1. The van der Waals surface area contributed by atoms with Gasteiger partial charge in [-0.1, -0.05) is 66.7 Å². The summed E-state index contributed by atoms with van der Waals surface area (Å²) < 4.78 is 7.93. The predicted octanol–water partition coefficient (Wildman–Crippen LogP) is 7.46. The molecule has 3 heterocycles. The number of pyridine rings is 1. The van der Waals surface area contributed by atoms with Gasteiger partial charge in [0.05, 0.1) is 17.9 Å². The lowest BCUT2D eigenvalue weighted by Gasteiger charge is -2.27. The molecule has 7 rings (SSSR count). The van der Waals surface area contributed by atoms with Crippen LogP contribution in [0.25, 0.3) is 33.8 Å². The van der Waals surface area contributed by atoms with Gasteiger partial charge in [-0.15, -0.1) is 0 Å². The molecule has 0 N–H and O–H groups in total. The van der Waals surface area contributed by atoms with Gasteiger partial charge in [-0.2, -0.15) is 10.4 Å². The fraction of sp³-hybridized carbons (Fsp3) is 0.0750. The average molecular weight is 628 g/mol. The molecule has 0 spiro atoms. The summed E-state index contributed by atoms with van der Waals surface area (Å²) in [7, 11) is 0. The van der Waals surface area contributed by atoms with Crippen LogP contribution in [0.3, 0.4) is 0 Å². The molecule has 8 nitrogen and oxygen atoms in total. The minimum atomic E-state index is -0.625. The number of ether oxygens (including phenoxy) is 1. The number of fused-ring (bicyclic) bond motifs is 1. The summed E-state index contributed by atoms with van der Waals surface area (Å²) in [6.45, 7) is 2.05. The summed E-state index contributed by atoms with van der Waals surface area (Å²) in [5.41, 5.74) is 5.20. The van der Waals surface area contributed by atoms with Crippen molar-refractivity contribution in [2.24, 2.45) is 0 Å². The van der Waals surface area contributed by atoms with Gasteiger partial charge in [0.25, 0.3) is 11.8 Å². The van der Waals surface area contributed by atoms with Gasteiger partial charge in [0.1, 0.15) is 24.0 Å². The van der Waals surface area contributed by atoms with Crippen LogP contribution >= 0.6 is 0 Å². The van der Waals surface area contributed by atoms with Gasteiger partial charge in [-0.3, -0.25) is 19.5 Å². The maximum Gasteiger partial charge on any atom is 0.271 e. The van der Waals surface area contributed by atoms with Crippen molar-refractivity contribution in [3.05, 3.63) is 161 Å². The highest BCUT2D eigenvalue weighted by Crippen LogP contribution is 2.32. The van der Waals surface area contributed by atoms with E-state index in [-0.39, 0.29) is 17.7 Å². The molecular weight excluding hydrogens is 598 g/mol. The second-order valence-electron chi connectivity index (χ2n) is 11.4. The van der Waals surface area contributed by atoms with Crippen molar-refractivity contribution in [2.45, 2.75) is 20.1 Å². The number of amides is 2. The standard InChI is InChI=1S/C40H29N5O3/c1-27-36(39(46)44(40(47)37(27)22-41)24-28-9-8-20-42-23-28)21-32-25-45(33-13-3-2-4-14-33)43-38(32)30-16-18-34(19-17-30)48-26-31-12-7-11-29-10-5-6-15-35(29)31/h2-21,23,25H,24,26H2,1H3/b36-21+. The van der Waals surface area contributed by atoms with Crippen LogP contribution in [0, 0.1) is 11.3 Å². The average Bonchev–Trinajstić information content (AvgIpc) is 3.56. The number of benzene rings is 4. The Balaban J connectivity index is 1.24. The minimum absolute atomic E-state index is 0.00230. The normalized spacial score (nSPS) is 14.1. The van der Waals surface area contributed by atoms with E-state index in [9.17, 15) is 14.9 Å². The number of nitriles is 1. The number of para-hydroxylation sites is 1. The van der Waals surface area contributed by atoms with Gasteiger partial charge in [0, 0.05) is 35.3 Å². The largest absolute Gasteiger partial charge is 0.489 e. The number of rotatable bonds is 8. The minimum Gasteiger partial charge on any atom is -0.489 e. The molecule has 0 atom stereocenters. The fourth-order valence-corrected chi connectivity index (χ4v) is 5.82. The Kier molecular flexibility index (Phi) is 8.17. The molecule has 8 heteroatoms. The third kappa shape index (κ3) is 5.88. The second kappa shape index (κ2) is 13.0. The van der Waals surface area contributed by atoms with Crippen molar-refractivity contribution in [3.8, 4) is 28.8 Å². The summed E-state index contributed by atoms with van der Waals surface area (Å²) >= 11 is 0. The molecule has 0 saturated carbocycles. The fourth-order valence-electron chi connectivity index (χ4n) is 5.82. The summed E-state index contributed by atoms with van der Waals surface area (Å²) in [6, 6.07) is 37.3. The smallest absolute Gasteiger partial charge is 0.271 e. The Morgan fingerprint density at radius 1 is 0.854 bits per heavy atom. The lowest BCUT2D eigenvalue weighted by Crippen LogP contribution is -2.42. The van der Waals surface area contributed by atoms with E-state index in [4.69, 9.17) is 9.84 Å². The van der Waals surface area contributed by atoms with Crippen LogP contribution in [0.15, 0.2) is 145 Å². The monoisotopic (exact) mass is 627 g/mol. The van der Waals surface area contributed by atoms with Crippen LogP contribution in [-0.2, 0) is 22.7 Å². The van der Waals surface area contributed by atoms with E-state index in [0.29, 0.717) is 34.8 Å². The highest BCUT2D eigenvalue weighted by atomic mass is 16.5. The molecule has 0 fully saturated rings. The van der Waals surface area contributed by atoms with E-state index in [1.54, 1.807) is 42.2 Å². The number of carbonyl (C=O) groups excluding carboxylic acids is 2. The molecule has 0 radical (unpaired) electrons. The van der Waals surface area contributed by atoms with E-state index in [0.717, 1.165) is 32.5 Å². The van der Waals surface area contributed by atoms with Crippen LogP contribution < -0.4 is 4.74 Å². The molecule has 1 aliphatic rings. The first-order chi connectivity index (χ1) is 23.5. The number of nitrogens with zero attached hydrogens (tertiary/aromatic N) is 5. The molecule has 1 aliphatic heterocycles. The molecule has 0 bridgehead atoms. The number of hydrogen-bond donors (Lipinski definition) is 0. The second-order valence-corrected chi connectivity index (χ2v) is 11.4. The first-order valence-electron chi connectivity index (χ1n) is 15.4. The van der Waals surface area contributed by atoms with Gasteiger partial charge in [0.15, 0.2) is 0 Å². The molecule has 2 aromatic heterocycles. The lowest BCUT2D eigenvalue weighted by atomic mass is 9.93. The summed E-state index contributed by atoms with van der Waals surface area (Å²) in [5, 5.41) is 17.2. The zero-order valence-electron chi connectivity index (χ0n) is 26.1. The third-order valence-corrected chi connectivity index (χ3v) is 8.35. The zero-order valence-corrected chi connectivity index (χ0v) is 26.1. The quantitative estimate of drug-likeness (QED) is 0.128. The highest BCUT2D eigenvalue weighted by Gasteiger charge is 2.35. The molecular formula is C40H29N5O3. The number of carbonyl (C=O) groups is 2. The van der Waals surface area contributed by atoms with E-state index >= 15 is 0 Å². The van der Waals surface area contributed by atoms with E-state index in [1.807, 2.05) is 85.1 Å². The van der Waals surface area contributed by atoms with Crippen LogP contribution in [0.2, 0.25) is 0 Å². The summed E-state index contributed by atoms with van der Waals surface area (Å²) in [6.07, 6.45) is 6.77. The van der Waals surface area contributed by atoms with Crippen molar-refractivity contribution in [1.29, 1.82) is 5.26 Å². The van der Waals surface area contributed by atoms with E-state index in [2.05, 4.69) is 29.2 Å². The highest BCUT2D eigenvalue weighted by molar-refractivity contribution is 6.19. The summed E-state index contributed by atoms with van der Waals surface area (Å²) in [5.74, 6) is -0.408. The predicted molar refractivity (Wildman–Crippen MR) is 183 cm³/mol. The Morgan fingerprint density at radius 2 is 1.62 bits per heavy atom. The maximum absolute atomic E-state index is 13.9. The molecule has 2 amide bonds. The molecule has 0 saturated heterocycles. The molecule has 0 unspecified atom stereocenters. The van der Waals surface area contributed by atoms with Crippen molar-refractivity contribution < 1.29 is 14.3 Å². The van der Waals surface area contributed by atoms with E-state index < -0.39 is 11.8 Å². The Morgan fingerprint density at radius 3 is 2.40 bits per heavy atom. The Labute approximate surface area is 277 Å². The number of hydrogen-bond acceptors (Lipinski definition) is 6. The maximum atomic E-state index is 13.9.